The van der Waals surface area contributed by atoms with E-state index in [0.29, 0.717) is 42.6 Å². The maximum Gasteiger partial charge on any atom is 0.264 e. The fourth-order valence-electron chi connectivity index (χ4n) is 2.99. The first-order valence-electron chi connectivity index (χ1n) is 8.67. The van der Waals surface area contributed by atoms with Crippen molar-refractivity contribution in [1.29, 1.82) is 0 Å². The summed E-state index contributed by atoms with van der Waals surface area (Å²) in [5, 5.41) is 3.37. The summed E-state index contributed by atoms with van der Waals surface area (Å²) in [5.74, 6) is 0.500. The minimum atomic E-state index is -0.135. The summed E-state index contributed by atoms with van der Waals surface area (Å²) in [5.41, 5.74) is 0.553. The number of nitrogens with one attached hydrogen (secondary N) is 1. The van der Waals surface area contributed by atoms with Gasteiger partial charge < -0.3 is 15.0 Å². The Labute approximate surface area is 167 Å². The van der Waals surface area contributed by atoms with Gasteiger partial charge in [-0.3, -0.25) is 14.5 Å². The molecular formula is C19H22ClN3O3S. The summed E-state index contributed by atoms with van der Waals surface area (Å²) in [7, 11) is 1.55. The molecule has 1 N–H and O–H groups in total. The van der Waals surface area contributed by atoms with Crippen LogP contribution in [0.15, 0.2) is 30.3 Å². The molecule has 3 rings (SSSR count). The number of carbonyl (C=O) groups is 2. The van der Waals surface area contributed by atoms with Crippen LogP contribution in [0.5, 0.6) is 5.75 Å². The van der Waals surface area contributed by atoms with Crippen molar-refractivity contribution in [3.63, 3.8) is 0 Å². The number of amides is 2. The molecule has 0 atom stereocenters. The van der Waals surface area contributed by atoms with E-state index in [4.69, 9.17) is 16.3 Å². The Morgan fingerprint density at radius 1 is 1.19 bits per heavy atom. The normalized spacial score (nSPS) is 14.9. The monoisotopic (exact) mass is 407 g/mol. The van der Waals surface area contributed by atoms with Crippen molar-refractivity contribution >= 4 is 40.4 Å². The van der Waals surface area contributed by atoms with Crippen molar-refractivity contribution in [2.45, 2.75) is 6.92 Å². The molecule has 2 aromatic rings. The first kappa shape index (κ1) is 19.7. The highest BCUT2D eigenvalue weighted by Gasteiger charge is 2.24. The summed E-state index contributed by atoms with van der Waals surface area (Å²) >= 11 is 7.51. The van der Waals surface area contributed by atoms with Crippen LogP contribution in [0.25, 0.3) is 0 Å². The number of nitrogens with zero attached hydrogens (tertiary/aromatic N) is 2. The lowest BCUT2D eigenvalue weighted by molar-refractivity contribution is -0.117. The van der Waals surface area contributed by atoms with Crippen molar-refractivity contribution in [3.8, 4) is 5.75 Å². The zero-order valence-corrected chi connectivity index (χ0v) is 16.9. The van der Waals surface area contributed by atoms with Gasteiger partial charge in [-0.05, 0) is 37.3 Å². The molecule has 0 unspecified atom stereocenters. The average molecular weight is 408 g/mol. The van der Waals surface area contributed by atoms with Gasteiger partial charge in [-0.15, -0.1) is 11.3 Å². The average Bonchev–Trinajstić information content (AvgIpc) is 3.08. The predicted octanol–water partition coefficient (Wildman–Crippen LogP) is 3.12. The lowest BCUT2D eigenvalue weighted by Crippen LogP contribution is -2.50. The molecule has 8 heteroatoms. The van der Waals surface area contributed by atoms with Crippen LogP contribution >= 0.6 is 22.9 Å². The number of aryl methyl sites for hydroxylation is 1. The van der Waals surface area contributed by atoms with E-state index in [1.165, 1.54) is 11.3 Å². The molecule has 1 aromatic heterocycles. The van der Waals surface area contributed by atoms with Crippen molar-refractivity contribution in [2.75, 3.05) is 45.2 Å². The third-order valence-corrected chi connectivity index (χ3v) is 5.64. The number of methoxy groups -OCH3 is 1. The van der Waals surface area contributed by atoms with Gasteiger partial charge in [0.15, 0.2) is 0 Å². The molecule has 0 radical (unpaired) electrons. The molecular weight excluding hydrogens is 386 g/mol. The predicted molar refractivity (Wildman–Crippen MR) is 108 cm³/mol. The van der Waals surface area contributed by atoms with Crippen LogP contribution in [-0.4, -0.2) is 61.4 Å². The summed E-state index contributed by atoms with van der Waals surface area (Å²) in [6.45, 7) is 4.81. The number of hydrogen-bond acceptors (Lipinski definition) is 5. The second kappa shape index (κ2) is 8.73. The van der Waals surface area contributed by atoms with Gasteiger partial charge in [-0.2, -0.15) is 0 Å². The lowest BCUT2D eigenvalue weighted by atomic mass is 10.2. The summed E-state index contributed by atoms with van der Waals surface area (Å²) in [4.78, 5) is 30.7. The van der Waals surface area contributed by atoms with Crippen LogP contribution in [0.3, 0.4) is 0 Å². The zero-order chi connectivity index (χ0) is 19.4. The first-order chi connectivity index (χ1) is 13.0. The van der Waals surface area contributed by atoms with Crippen LogP contribution in [-0.2, 0) is 4.79 Å². The SMILES string of the molecule is COc1ccc(Cl)cc1NC(=O)CN1CCN(C(=O)c2ccc(C)s2)CC1. The van der Waals surface area contributed by atoms with Crippen molar-refractivity contribution in [2.24, 2.45) is 0 Å². The third-order valence-electron chi connectivity index (χ3n) is 4.41. The zero-order valence-electron chi connectivity index (χ0n) is 15.3. The van der Waals surface area contributed by atoms with E-state index in [-0.39, 0.29) is 18.4 Å². The molecule has 2 amide bonds. The van der Waals surface area contributed by atoms with E-state index >= 15 is 0 Å². The van der Waals surface area contributed by atoms with E-state index in [9.17, 15) is 9.59 Å². The summed E-state index contributed by atoms with van der Waals surface area (Å²) < 4.78 is 5.25. The van der Waals surface area contributed by atoms with Gasteiger partial charge >= 0.3 is 0 Å². The third kappa shape index (κ3) is 5.00. The summed E-state index contributed by atoms with van der Waals surface area (Å²) in [6.07, 6.45) is 0. The second-order valence-electron chi connectivity index (χ2n) is 6.37. The fourth-order valence-corrected chi connectivity index (χ4v) is 3.99. The topological polar surface area (TPSA) is 61.9 Å². The smallest absolute Gasteiger partial charge is 0.264 e. The number of hydrogen-bond donors (Lipinski definition) is 1. The molecule has 1 fully saturated rings. The van der Waals surface area contributed by atoms with Crippen LogP contribution in [0.2, 0.25) is 5.02 Å². The van der Waals surface area contributed by atoms with Crippen LogP contribution < -0.4 is 10.1 Å². The Kier molecular flexibility index (Phi) is 6.36. The Morgan fingerprint density at radius 3 is 2.56 bits per heavy atom. The highest BCUT2D eigenvalue weighted by Crippen LogP contribution is 2.27. The second-order valence-corrected chi connectivity index (χ2v) is 8.10. The van der Waals surface area contributed by atoms with E-state index in [2.05, 4.69) is 5.32 Å². The van der Waals surface area contributed by atoms with Gasteiger partial charge in [0.1, 0.15) is 5.75 Å². The molecule has 1 saturated heterocycles. The molecule has 1 aliphatic rings. The minimum Gasteiger partial charge on any atom is -0.495 e. The largest absolute Gasteiger partial charge is 0.495 e. The quantitative estimate of drug-likeness (QED) is 0.827. The standard InChI is InChI=1S/C19H22ClN3O3S/c1-13-3-6-17(27-13)19(25)23-9-7-22(8-10-23)12-18(24)21-15-11-14(20)4-5-16(15)26-2/h3-6,11H,7-10,12H2,1-2H3,(H,21,24). The lowest BCUT2D eigenvalue weighted by Gasteiger charge is -2.34. The van der Waals surface area contributed by atoms with Gasteiger partial charge in [-0.25, -0.2) is 0 Å². The number of carbonyl (C=O) groups excluding carboxylic acids is 2. The van der Waals surface area contributed by atoms with Gasteiger partial charge in [0.25, 0.3) is 5.91 Å². The molecule has 0 spiro atoms. The van der Waals surface area contributed by atoms with Gasteiger partial charge in [0.2, 0.25) is 5.91 Å². The van der Waals surface area contributed by atoms with E-state index in [1.54, 1.807) is 25.3 Å². The summed E-state index contributed by atoms with van der Waals surface area (Å²) in [6, 6.07) is 8.93. The van der Waals surface area contributed by atoms with Crippen molar-refractivity contribution in [1.82, 2.24) is 9.80 Å². The molecule has 2 heterocycles. The van der Waals surface area contributed by atoms with Crippen molar-refractivity contribution in [3.05, 3.63) is 45.1 Å². The Balaban J connectivity index is 1.51. The molecule has 1 aliphatic heterocycles. The first-order valence-corrected chi connectivity index (χ1v) is 9.87. The Bertz CT molecular complexity index is 831. The van der Waals surface area contributed by atoms with Crippen LogP contribution in [0.4, 0.5) is 5.69 Å². The van der Waals surface area contributed by atoms with Crippen LogP contribution in [0, 0.1) is 6.92 Å². The van der Waals surface area contributed by atoms with Crippen LogP contribution in [0.1, 0.15) is 14.5 Å². The Morgan fingerprint density at radius 2 is 1.93 bits per heavy atom. The molecule has 144 valence electrons. The van der Waals surface area contributed by atoms with Gasteiger partial charge in [0, 0.05) is 36.1 Å². The maximum absolute atomic E-state index is 12.5. The molecule has 0 aliphatic carbocycles. The molecule has 27 heavy (non-hydrogen) atoms. The van der Waals surface area contributed by atoms with E-state index in [1.807, 2.05) is 28.9 Å². The van der Waals surface area contributed by atoms with Gasteiger partial charge in [-0.1, -0.05) is 11.6 Å². The molecule has 0 saturated carbocycles. The molecule has 6 nitrogen and oxygen atoms in total. The fraction of sp³-hybridized carbons (Fsp3) is 0.368. The molecule has 0 bridgehead atoms. The minimum absolute atomic E-state index is 0.0702. The number of ether oxygens (including phenoxy) is 1. The van der Waals surface area contributed by atoms with E-state index < -0.39 is 0 Å². The number of benzene rings is 1. The van der Waals surface area contributed by atoms with Gasteiger partial charge in [0.05, 0.1) is 24.2 Å². The van der Waals surface area contributed by atoms with E-state index in [0.717, 1.165) is 9.75 Å². The Hall–Kier alpha value is -2.09. The van der Waals surface area contributed by atoms with Crippen molar-refractivity contribution < 1.29 is 14.3 Å². The highest BCUT2D eigenvalue weighted by atomic mass is 35.5. The number of anilines is 1. The number of rotatable bonds is 5. The maximum atomic E-state index is 12.5. The number of piperazine rings is 1. The number of thiophene rings is 1. The highest BCUT2D eigenvalue weighted by molar-refractivity contribution is 7.13. The molecule has 1 aromatic carbocycles. The number of halogens is 1.